The zero-order valence-corrected chi connectivity index (χ0v) is 12.0. The Morgan fingerprint density at radius 3 is 3.19 bits per heavy atom. The topological polar surface area (TPSA) is 29.3 Å². The molecule has 1 radical (unpaired) electrons. The summed E-state index contributed by atoms with van der Waals surface area (Å²) in [7, 11) is 0. The number of imidazole rings is 1. The van der Waals surface area contributed by atoms with Gasteiger partial charge in [0, 0.05) is 38.5 Å². The van der Waals surface area contributed by atoms with E-state index in [1.54, 1.807) is 0 Å². The summed E-state index contributed by atoms with van der Waals surface area (Å²) in [5, 5.41) is 3.42. The van der Waals surface area contributed by atoms with Crippen molar-refractivity contribution in [1.82, 2.24) is 14.7 Å². The van der Waals surface area contributed by atoms with Crippen molar-refractivity contribution in [1.29, 1.82) is 0 Å². The molecule has 81 valence electrons. The van der Waals surface area contributed by atoms with Crippen LogP contribution in [0.1, 0.15) is 24.6 Å². The Hall–Kier alpha value is -0.246. The summed E-state index contributed by atoms with van der Waals surface area (Å²) in [5.41, 5.74) is 1.07. The van der Waals surface area contributed by atoms with Crippen molar-refractivity contribution in [2.45, 2.75) is 18.8 Å². The maximum atomic E-state index is 4.42. The molecule has 3 nitrogen and oxygen atoms in total. The number of pyridine rings is 1. The van der Waals surface area contributed by atoms with E-state index in [9.17, 15) is 0 Å². The molecule has 16 heavy (non-hydrogen) atoms. The fourth-order valence-electron chi connectivity index (χ4n) is 2.26. The van der Waals surface area contributed by atoms with Crippen molar-refractivity contribution in [2.24, 2.45) is 0 Å². The van der Waals surface area contributed by atoms with Crippen LogP contribution in [0.4, 0.5) is 0 Å². The molecule has 0 spiro atoms. The van der Waals surface area contributed by atoms with Crippen LogP contribution in [0.15, 0.2) is 24.4 Å². The molecule has 0 saturated carbocycles. The van der Waals surface area contributed by atoms with Gasteiger partial charge in [-0.25, -0.2) is 0 Å². The molecule has 1 aliphatic heterocycles. The number of piperidine rings is 1. The SMILES string of the molecule is [Y].[c-]1nc(C2CCCNC2)n2ccccc12. The third kappa shape index (κ3) is 2.22. The summed E-state index contributed by atoms with van der Waals surface area (Å²) in [4.78, 5) is 4.42. The monoisotopic (exact) mass is 289 g/mol. The molecule has 0 aromatic carbocycles. The molecule has 3 rings (SSSR count). The average molecular weight is 289 g/mol. The van der Waals surface area contributed by atoms with E-state index in [1.807, 2.05) is 18.2 Å². The third-order valence-corrected chi connectivity index (χ3v) is 3.05. The summed E-state index contributed by atoms with van der Waals surface area (Å²) in [6, 6.07) is 6.12. The predicted octanol–water partition coefficient (Wildman–Crippen LogP) is 1.60. The summed E-state index contributed by atoms with van der Waals surface area (Å²) in [6.45, 7) is 2.19. The summed E-state index contributed by atoms with van der Waals surface area (Å²) in [5.74, 6) is 1.69. The van der Waals surface area contributed by atoms with E-state index < -0.39 is 0 Å². The van der Waals surface area contributed by atoms with Gasteiger partial charge in [-0.05, 0) is 31.6 Å². The van der Waals surface area contributed by atoms with Gasteiger partial charge in [-0.15, -0.1) is 12.1 Å². The summed E-state index contributed by atoms with van der Waals surface area (Å²) < 4.78 is 2.15. The molecule has 1 unspecified atom stereocenters. The van der Waals surface area contributed by atoms with Crippen LogP contribution >= 0.6 is 0 Å². The van der Waals surface area contributed by atoms with Crippen LogP contribution < -0.4 is 5.32 Å². The van der Waals surface area contributed by atoms with E-state index in [2.05, 4.69) is 27.1 Å². The second-order valence-electron chi connectivity index (χ2n) is 4.08. The van der Waals surface area contributed by atoms with Crippen LogP contribution in [0, 0.1) is 6.20 Å². The molecule has 1 fully saturated rings. The van der Waals surface area contributed by atoms with Crippen LogP contribution in [0.25, 0.3) is 5.52 Å². The molecule has 2 aromatic rings. The zero-order chi connectivity index (χ0) is 10.1. The number of rotatable bonds is 1. The number of aromatic nitrogens is 2. The minimum atomic E-state index is 0. The van der Waals surface area contributed by atoms with Gasteiger partial charge in [0.1, 0.15) is 0 Å². The molecule has 2 aromatic heterocycles. The first-order valence-electron chi connectivity index (χ1n) is 5.50. The Bertz CT molecular complexity index is 460. The van der Waals surface area contributed by atoms with E-state index in [-0.39, 0.29) is 32.7 Å². The quantitative estimate of drug-likeness (QED) is 0.808. The fraction of sp³-hybridized carbons (Fsp3) is 0.417. The Morgan fingerprint density at radius 2 is 2.38 bits per heavy atom. The molecule has 1 atom stereocenters. The van der Waals surface area contributed by atoms with Crippen LogP contribution in [-0.4, -0.2) is 22.5 Å². The van der Waals surface area contributed by atoms with Gasteiger partial charge in [0.2, 0.25) is 0 Å². The number of fused-ring (bicyclic) bond motifs is 1. The Morgan fingerprint density at radius 1 is 1.44 bits per heavy atom. The smallest absolute Gasteiger partial charge is 0.0146 e. The van der Waals surface area contributed by atoms with Crippen molar-refractivity contribution >= 4 is 5.52 Å². The van der Waals surface area contributed by atoms with Crippen molar-refractivity contribution in [3.05, 3.63) is 36.4 Å². The van der Waals surface area contributed by atoms with Crippen LogP contribution in [0.3, 0.4) is 0 Å². The molecular formula is C12H14N3Y-. The molecule has 0 aliphatic carbocycles. The largest absolute Gasteiger partial charge is 0.379 e. The predicted molar refractivity (Wildman–Crippen MR) is 58.9 cm³/mol. The van der Waals surface area contributed by atoms with Crippen LogP contribution in [0.2, 0.25) is 0 Å². The minimum absolute atomic E-state index is 0. The fourth-order valence-corrected chi connectivity index (χ4v) is 2.26. The summed E-state index contributed by atoms with van der Waals surface area (Å²) >= 11 is 0. The van der Waals surface area contributed by atoms with E-state index in [4.69, 9.17) is 0 Å². The van der Waals surface area contributed by atoms with Gasteiger partial charge in [-0.1, -0.05) is 24.2 Å². The van der Waals surface area contributed by atoms with Crippen LogP contribution in [-0.2, 0) is 32.7 Å². The molecule has 1 N–H and O–H groups in total. The Balaban J connectivity index is 0.000000963. The van der Waals surface area contributed by atoms with Crippen molar-refractivity contribution in [3.63, 3.8) is 0 Å². The second kappa shape index (κ2) is 5.39. The molecule has 3 heterocycles. The molecule has 4 heteroatoms. The van der Waals surface area contributed by atoms with E-state index in [0.717, 1.165) is 24.4 Å². The first kappa shape index (κ1) is 12.2. The van der Waals surface area contributed by atoms with Gasteiger partial charge >= 0.3 is 0 Å². The molecule has 1 saturated heterocycles. The summed E-state index contributed by atoms with van der Waals surface area (Å²) in [6.07, 6.45) is 7.62. The van der Waals surface area contributed by atoms with Gasteiger partial charge in [0.15, 0.2) is 0 Å². The zero-order valence-electron chi connectivity index (χ0n) is 9.19. The van der Waals surface area contributed by atoms with E-state index in [1.165, 1.54) is 12.8 Å². The van der Waals surface area contributed by atoms with Gasteiger partial charge in [-0.3, -0.25) is 0 Å². The second-order valence-corrected chi connectivity index (χ2v) is 4.08. The molecular weight excluding hydrogens is 275 g/mol. The molecule has 1 aliphatic rings. The number of nitrogens with one attached hydrogen (secondary N) is 1. The van der Waals surface area contributed by atoms with Crippen molar-refractivity contribution in [2.75, 3.05) is 13.1 Å². The third-order valence-electron chi connectivity index (χ3n) is 3.05. The van der Waals surface area contributed by atoms with Crippen molar-refractivity contribution < 1.29 is 32.7 Å². The standard InChI is InChI=1S/C12H14N3.Y/c1-2-7-15-11(5-1)9-14-12(15)10-4-3-6-13-8-10;/h1-2,5,7,10,13H,3-4,6,8H2;/q-1;. The van der Waals surface area contributed by atoms with Gasteiger partial charge in [0.25, 0.3) is 0 Å². The average Bonchev–Trinajstić information content (AvgIpc) is 2.74. The van der Waals surface area contributed by atoms with Crippen LogP contribution in [0.5, 0.6) is 0 Å². The van der Waals surface area contributed by atoms with Crippen molar-refractivity contribution in [3.8, 4) is 0 Å². The van der Waals surface area contributed by atoms with E-state index in [0.29, 0.717) is 5.92 Å². The maximum Gasteiger partial charge on any atom is 0.0146 e. The number of hydrogen-bond donors (Lipinski definition) is 1. The first-order valence-corrected chi connectivity index (χ1v) is 5.50. The minimum Gasteiger partial charge on any atom is -0.379 e. The maximum absolute atomic E-state index is 4.42. The van der Waals surface area contributed by atoms with Gasteiger partial charge < -0.3 is 14.7 Å². The Kier molecular flexibility index (Phi) is 4.12. The normalized spacial score (nSPS) is 20.6. The van der Waals surface area contributed by atoms with Gasteiger partial charge in [-0.2, -0.15) is 0 Å². The molecule has 0 amide bonds. The number of hydrogen-bond acceptors (Lipinski definition) is 2. The number of nitrogens with zero attached hydrogens (tertiary/aromatic N) is 2. The first-order chi connectivity index (χ1) is 7.45. The van der Waals surface area contributed by atoms with Gasteiger partial charge in [0.05, 0.1) is 0 Å². The molecule has 0 bridgehead atoms. The Labute approximate surface area is 121 Å². The van der Waals surface area contributed by atoms with E-state index >= 15 is 0 Å².